The fourth-order valence-electron chi connectivity index (χ4n) is 1.95. The molecule has 0 aliphatic carbocycles. The maximum absolute atomic E-state index is 6.10. The van der Waals surface area contributed by atoms with Crippen molar-refractivity contribution in [2.24, 2.45) is 0 Å². The second-order valence-corrected chi connectivity index (χ2v) is 4.90. The van der Waals surface area contributed by atoms with Gasteiger partial charge in [-0.15, -0.1) is 0 Å². The second kappa shape index (κ2) is 6.09. The van der Waals surface area contributed by atoms with Gasteiger partial charge in [0.2, 0.25) is 0 Å². The first kappa shape index (κ1) is 14.6. The lowest BCUT2D eigenvalue weighted by atomic mass is 10.1. The van der Waals surface area contributed by atoms with Crippen LogP contribution < -0.4 is 10.1 Å². The number of aryl methyl sites for hydroxylation is 2. The van der Waals surface area contributed by atoms with Crippen LogP contribution in [0.15, 0.2) is 18.2 Å². The smallest absolute Gasteiger partial charge is 0.153 e. The lowest BCUT2D eigenvalue weighted by Crippen LogP contribution is -2.06. The molecule has 4 nitrogen and oxygen atoms in total. The number of benzene rings is 1. The monoisotopic (exact) mass is 291 g/mol. The molecule has 1 heterocycles. The summed E-state index contributed by atoms with van der Waals surface area (Å²) < 4.78 is 5.40. The summed E-state index contributed by atoms with van der Waals surface area (Å²) in [5, 5.41) is 3.88. The number of halogens is 1. The minimum atomic E-state index is 0.642. The van der Waals surface area contributed by atoms with Gasteiger partial charge in [0.15, 0.2) is 5.82 Å². The molecular weight excluding hydrogens is 274 g/mol. The zero-order chi connectivity index (χ0) is 14.7. The SMILES string of the molecule is CCNc1nc(C)c(C)nc1-c1cc(Cl)ccc1OC. The third-order valence-electron chi connectivity index (χ3n) is 3.07. The van der Waals surface area contributed by atoms with Crippen LogP contribution in [0.5, 0.6) is 5.75 Å². The van der Waals surface area contributed by atoms with Gasteiger partial charge in [-0.25, -0.2) is 9.97 Å². The van der Waals surface area contributed by atoms with E-state index >= 15 is 0 Å². The van der Waals surface area contributed by atoms with Gasteiger partial charge in [-0.2, -0.15) is 0 Å². The number of methoxy groups -OCH3 is 1. The Balaban J connectivity index is 2.67. The average Bonchev–Trinajstić information content (AvgIpc) is 2.43. The molecule has 0 saturated carbocycles. The van der Waals surface area contributed by atoms with Crippen LogP contribution in [-0.2, 0) is 0 Å². The molecule has 0 saturated heterocycles. The van der Waals surface area contributed by atoms with Crippen LogP contribution in [0.4, 0.5) is 5.82 Å². The highest BCUT2D eigenvalue weighted by molar-refractivity contribution is 6.31. The summed E-state index contributed by atoms with van der Waals surface area (Å²) in [5.74, 6) is 1.47. The van der Waals surface area contributed by atoms with E-state index in [-0.39, 0.29) is 0 Å². The van der Waals surface area contributed by atoms with Crippen LogP contribution in [0, 0.1) is 13.8 Å². The molecule has 0 unspecified atom stereocenters. The molecule has 5 heteroatoms. The summed E-state index contributed by atoms with van der Waals surface area (Å²) >= 11 is 6.10. The normalized spacial score (nSPS) is 10.4. The van der Waals surface area contributed by atoms with Crippen molar-refractivity contribution >= 4 is 17.4 Å². The topological polar surface area (TPSA) is 47.0 Å². The Kier molecular flexibility index (Phi) is 4.45. The fourth-order valence-corrected chi connectivity index (χ4v) is 2.12. The van der Waals surface area contributed by atoms with Crippen molar-refractivity contribution in [3.63, 3.8) is 0 Å². The summed E-state index contributed by atoms with van der Waals surface area (Å²) in [5.41, 5.74) is 3.40. The molecule has 1 aromatic carbocycles. The first-order chi connectivity index (χ1) is 9.56. The van der Waals surface area contributed by atoms with Crippen LogP contribution in [0.3, 0.4) is 0 Å². The molecule has 0 spiro atoms. The van der Waals surface area contributed by atoms with Crippen molar-refractivity contribution in [1.29, 1.82) is 0 Å². The number of nitrogens with zero attached hydrogens (tertiary/aromatic N) is 2. The van der Waals surface area contributed by atoms with Gasteiger partial charge in [-0.1, -0.05) is 11.6 Å². The van der Waals surface area contributed by atoms with Crippen molar-refractivity contribution in [1.82, 2.24) is 9.97 Å². The minimum absolute atomic E-state index is 0.642. The predicted molar refractivity (Wildman–Crippen MR) is 82.7 cm³/mol. The maximum Gasteiger partial charge on any atom is 0.153 e. The number of ether oxygens (including phenoxy) is 1. The van der Waals surface area contributed by atoms with Gasteiger partial charge in [-0.3, -0.25) is 0 Å². The van der Waals surface area contributed by atoms with E-state index in [2.05, 4.69) is 15.3 Å². The van der Waals surface area contributed by atoms with E-state index in [0.29, 0.717) is 5.02 Å². The lowest BCUT2D eigenvalue weighted by Gasteiger charge is -2.14. The highest BCUT2D eigenvalue weighted by Crippen LogP contribution is 2.35. The number of rotatable bonds is 4. The molecule has 1 aromatic heterocycles. The third-order valence-corrected chi connectivity index (χ3v) is 3.30. The summed E-state index contributed by atoms with van der Waals surface area (Å²) in [6, 6.07) is 5.48. The van der Waals surface area contributed by atoms with E-state index in [1.807, 2.05) is 32.9 Å². The Labute approximate surface area is 124 Å². The lowest BCUT2D eigenvalue weighted by molar-refractivity contribution is 0.416. The molecule has 20 heavy (non-hydrogen) atoms. The van der Waals surface area contributed by atoms with Gasteiger partial charge in [0.05, 0.1) is 18.5 Å². The average molecular weight is 292 g/mol. The van der Waals surface area contributed by atoms with Crippen LogP contribution >= 0.6 is 11.6 Å². The van der Waals surface area contributed by atoms with Gasteiger partial charge in [-0.05, 0) is 39.0 Å². The van der Waals surface area contributed by atoms with Crippen LogP contribution in [0.1, 0.15) is 18.3 Å². The van der Waals surface area contributed by atoms with Gasteiger partial charge in [0, 0.05) is 17.1 Å². The quantitative estimate of drug-likeness (QED) is 0.929. The van der Waals surface area contributed by atoms with Gasteiger partial charge in [0.25, 0.3) is 0 Å². The first-order valence-corrected chi connectivity index (χ1v) is 6.87. The molecule has 2 aromatic rings. The second-order valence-electron chi connectivity index (χ2n) is 4.47. The summed E-state index contributed by atoms with van der Waals surface area (Å²) in [7, 11) is 1.63. The minimum Gasteiger partial charge on any atom is -0.496 e. The van der Waals surface area contributed by atoms with Crippen LogP contribution in [-0.4, -0.2) is 23.6 Å². The molecule has 0 amide bonds. The van der Waals surface area contributed by atoms with E-state index in [1.54, 1.807) is 13.2 Å². The standard InChI is InChI=1S/C15H18ClN3O/c1-5-17-15-14(18-9(2)10(3)19-15)12-8-11(16)6-7-13(12)20-4/h6-8H,5H2,1-4H3,(H,17,19). The number of anilines is 1. The predicted octanol–water partition coefficient (Wildman–Crippen LogP) is 3.85. The highest BCUT2D eigenvalue weighted by Gasteiger charge is 2.15. The van der Waals surface area contributed by atoms with E-state index in [0.717, 1.165) is 40.8 Å². The Morgan fingerprint density at radius 3 is 2.55 bits per heavy atom. The molecule has 0 aliphatic heterocycles. The van der Waals surface area contributed by atoms with Crippen LogP contribution in [0.2, 0.25) is 5.02 Å². The van der Waals surface area contributed by atoms with E-state index in [4.69, 9.17) is 16.3 Å². The van der Waals surface area contributed by atoms with Crippen molar-refractivity contribution in [3.05, 3.63) is 34.6 Å². The summed E-state index contributed by atoms with van der Waals surface area (Å²) in [4.78, 5) is 9.22. The highest BCUT2D eigenvalue weighted by atomic mass is 35.5. The van der Waals surface area contributed by atoms with Crippen molar-refractivity contribution < 1.29 is 4.74 Å². The number of nitrogens with one attached hydrogen (secondary N) is 1. The maximum atomic E-state index is 6.10. The molecule has 0 bridgehead atoms. The van der Waals surface area contributed by atoms with E-state index in [1.165, 1.54) is 0 Å². The third kappa shape index (κ3) is 2.85. The molecule has 0 radical (unpaired) electrons. The van der Waals surface area contributed by atoms with Crippen molar-refractivity contribution in [2.75, 3.05) is 19.0 Å². The van der Waals surface area contributed by atoms with Crippen molar-refractivity contribution in [3.8, 4) is 17.0 Å². The molecule has 0 atom stereocenters. The molecule has 0 fully saturated rings. The van der Waals surface area contributed by atoms with Gasteiger partial charge in [0.1, 0.15) is 11.4 Å². The van der Waals surface area contributed by atoms with Crippen molar-refractivity contribution in [2.45, 2.75) is 20.8 Å². The Bertz CT molecular complexity index is 629. The van der Waals surface area contributed by atoms with E-state index < -0.39 is 0 Å². The molecular formula is C15H18ClN3O. The first-order valence-electron chi connectivity index (χ1n) is 6.49. The summed E-state index contributed by atoms with van der Waals surface area (Å²) in [6.07, 6.45) is 0. The fraction of sp³-hybridized carbons (Fsp3) is 0.333. The zero-order valence-corrected chi connectivity index (χ0v) is 12.9. The number of aromatic nitrogens is 2. The van der Waals surface area contributed by atoms with E-state index in [9.17, 15) is 0 Å². The molecule has 1 N–H and O–H groups in total. The Morgan fingerprint density at radius 1 is 1.20 bits per heavy atom. The van der Waals surface area contributed by atoms with Gasteiger partial charge >= 0.3 is 0 Å². The number of hydrogen-bond donors (Lipinski definition) is 1. The molecule has 0 aliphatic rings. The number of hydrogen-bond acceptors (Lipinski definition) is 4. The molecule has 106 valence electrons. The molecule has 2 rings (SSSR count). The zero-order valence-electron chi connectivity index (χ0n) is 12.1. The van der Waals surface area contributed by atoms with Crippen LogP contribution in [0.25, 0.3) is 11.3 Å². The van der Waals surface area contributed by atoms with Gasteiger partial charge < -0.3 is 10.1 Å². The Morgan fingerprint density at radius 2 is 1.90 bits per heavy atom. The summed E-state index contributed by atoms with van der Waals surface area (Å²) in [6.45, 7) is 6.68. The Hall–Kier alpha value is -1.81. The largest absolute Gasteiger partial charge is 0.496 e.